The topological polar surface area (TPSA) is 98.8 Å². The summed E-state index contributed by atoms with van der Waals surface area (Å²) >= 11 is 0. The molecule has 0 aliphatic heterocycles. The maximum Gasteiger partial charge on any atom is 0.344 e. The first-order valence-corrected chi connectivity index (χ1v) is 8.19. The summed E-state index contributed by atoms with van der Waals surface area (Å²) in [5.41, 5.74) is 1.21. The number of ketones is 1. The molecular formula is C20H19NO6. The monoisotopic (exact) mass is 369 g/mol. The van der Waals surface area contributed by atoms with Gasteiger partial charge < -0.3 is 14.8 Å². The molecular weight excluding hydrogens is 350 g/mol. The third-order valence-corrected chi connectivity index (χ3v) is 3.61. The highest BCUT2D eigenvalue weighted by Crippen LogP contribution is 2.16. The van der Waals surface area contributed by atoms with Crippen molar-refractivity contribution in [1.82, 2.24) is 0 Å². The zero-order chi connectivity index (χ0) is 19.8. The van der Waals surface area contributed by atoms with Crippen LogP contribution in [-0.4, -0.2) is 36.7 Å². The summed E-state index contributed by atoms with van der Waals surface area (Å²) in [7, 11) is 0. The molecule has 0 radical (unpaired) electrons. The van der Waals surface area contributed by atoms with E-state index < -0.39 is 18.0 Å². The molecule has 140 valence electrons. The number of benzene rings is 2. The largest absolute Gasteiger partial charge is 0.482 e. The van der Waals surface area contributed by atoms with Gasteiger partial charge >= 0.3 is 5.97 Å². The van der Waals surface area contributed by atoms with Gasteiger partial charge in [0.15, 0.2) is 18.5 Å². The number of Topliss-reactive ketones (excluding diaryl/α,β-unsaturated/α-hetero) is 1. The second kappa shape index (κ2) is 9.28. The first-order chi connectivity index (χ1) is 12.9. The minimum atomic E-state index is -1.07. The van der Waals surface area contributed by atoms with Gasteiger partial charge in [-0.1, -0.05) is 12.1 Å². The van der Waals surface area contributed by atoms with Crippen molar-refractivity contribution in [2.24, 2.45) is 0 Å². The molecule has 0 heterocycles. The molecule has 7 nitrogen and oxygen atoms in total. The second-order valence-electron chi connectivity index (χ2n) is 5.70. The Morgan fingerprint density at radius 2 is 1.74 bits per heavy atom. The van der Waals surface area contributed by atoms with Gasteiger partial charge in [0.1, 0.15) is 12.0 Å². The number of carbonyl (C=O) groups is 4. The van der Waals surface area contributed by atoms with Crippen LogP contribution in [0.3, 0.4) is 0 Å². The van der Waals surface area contributed by atoms with E-state index in [-0.39, 0.29) is 12.4 Å². The van der Waals surface area contributed by atoms with Crippen LogP contribution >= 0.6 is 0 Å². The second-order valence-corrected chi connectivity index (χ2v) is 5.70. The number of nitrogens with one attached hydrogen (secondary N) is 1. The maximum absolute atomic E-state index is 12.2. The molecule has 1 atom stereocenters. The number of para-hydroxylation sites is 1. The van der Waals surface area contributed by atoms with E-state index in [4.69, 9.17) is 9.47 Å². The average molecular weight is 369 g/mol. The Kier molecular flexibility index (Phi) is 6.82. The summed E-state index contributed by atoms with van der Waals surface area (Å²) in [4.78, 5) is 46.2. The van der Waals surface area contributed by atoms with E-state index in [1.807, 2.05) is 0 Å². The molecule has 0 aliphatic rings. The van der Waals surface area contributed by atoms with Crippen LogP contribution in [0.15, 0.2) is 48.5 Å². The summed E-state index contributed by atoms with van der Waals surface area (Å²) in [6, 6.07) is 12.8. The van der Waals surface area contributed by atoms with E-state index in [0.717, 1.165) is 0 Å². The Morgan fingerprint density at radius 1 is 1.07 bits per heavy atom. The van der Waals surface area contributed by atoms with Gasteiger partial charge in [-0.25, -0.2) is 4.79 Å². The van der Waals surface area contributed by atoms with Gasteiger partial charge in [-0.15, -0.1) is 0 Å². The number of hydrogen-bond donors (Lipinski definition) is 1. The van der Waals surface area contributed by atoms with Crippen molar-refractivity contribution in [3.8, 4) is 5.75 Å². The number of hydrogen-bond acceptors (Lipinski definition) is 6. The molecule has 0 saturated carbocycles. The van der Waals surface area contributed by atoms with E-state index in [2.05, 4.69) is 5.32 Å². The predicted octanol–water partition coefficient (Wildman–Crippen LogP) is 2.65. The van der Waals surface area contributed by atoms with Crippen molar-refractivity contribution in [2.45, 2.75) is 20.0 Å². The Morgan fingerprint density at radius 3 is 2.37 bits per heavy atom. The van der Waals surface area contributed by atoms with E-state index >= 15 is 0 Å². The summed E-state index contributed by atoms with van der Waals surface area (Å²) < 4.78 is 10.3. The number of esters is 1. The Balaban J connectivity index is 1.87. The molecule has 0 aliphatic carbocycles. The molecule has 27 heavy (non-hydrogen) atoms. The number of ether oxygens (including phenoxy) is 2. The van der Waals surface area contributed by atoms with E-state index in [9.17, 15) is 19.2 Å². The summed E-state index contributed by atoms with van der Waals surface area (Å²) in [5, 5.41) is 2.57. The zero-order valence-corrected chi connectivity index (χ0v) is 14.9. The molecule has 1 amide bonds. The minimum Gasteiger partial charge on any atom is -0.482 e. The number of amides is 1. The molecule has 2 aromatic rings. The van der Waals surface area contributed by atoms with Crippen molar-refractivity contribution in [1.29, 1.82) is 0 Å². The molecule has 0 bridgehead atoms. The van der Waals surface area contributed by atoms with Crippen molar-refractivity contribution < 1.29 is 28.7 Å². The first kappa shape index (κ1) is 19.8. The summed E-state index contributed by atoms with van der Waals surface area (Å²) in [6.45, 7) is 2.43. The third-order valence-electron chi connectivity index (χ3n) is 3.61. The highest BCUT2D eigenvalue weighted by molar-refractivity contribution is 6.04. The van der Waals surface area contributed by atoms with Gasteiger partial charge in [-0.2, -0.15) is 0 Å². The predicted molar refractivity (Wildman–Crippen MR) is 98.0 cm³/mol. The molecule has 0 spiro atoms. The van der Waals surface area contributed by atoms with Gasteiger partial charge in [0.25, 0.3) is 5.91 Å². The molecule has 0 unspecified atom stereocenters. The minimum absolute atomic E-state index is 0.190. The van der Waals surface area contributed by atoms with Gasteiger partial charge in [0.2, 0.25) is 0 Å². The fraction of sp³-hybridized carbons (Fsp3) is 0.200. The molecule has 7 heteroatoms. The SMILES string of the molecule is CC(=O)c1ccccc1NC(=O)[C@@H](C)OC(=O)COc1ccc(C=O)cc1. The van der Waals surface area contributed by atoms with Crippen LogP contribution in [0.25, 0.3) is 0 Å². The average Bonchev–Trinajstić information content (AvgIpc) is 2.67. The lowest BCUT2D eigenvalue weighted by atomic mass is 10.1. The van der Waals surface area contributed by atoms with Gasteiger partial charge in [0.05, 0.1) is 5.69 Å². The molecule has 2 rings (SSSR count). The number of rotatable bonds is 8. The Hall–Kier alpha value is -3.48. The maximum atomic E-state index is 12.2. The van der Waals surface area contributed by atoms with Crippen LogP contribution in [0.2, 0.25) is 0 Å². The normalized spacial score (nSPS) is 11.2. The Labute approximate surface area is 156 Å². The van der Waals surface area contributed by atoms with Crippen molar-refractivity contribution in [3.63, 3.8) is 0 Å². The number of anilines is 1. The first-order valence-electron chi connectivity index (χ1n) is 8.19. The molecule has 2 aromatic carbocycles. The summed E-state index contributed by atoms with van der Waals surface area (Å²) in [6.07, 6.45) is -0.374. The van der Waals surface area contributed by atoms with E-state index in [0.29, 0.717) is 28.8 Å². The molecule has 1 N–H and O–H groups in total. The molecule has 0 aromatic heterocycles. The summed E-state index contributed by atoms with van der Waals surface area (Å²) in [5.74, 6) is -1.08. The van der Waals surface area contributed by atoms with Crippen LogP contribution in [0, 0.1) is 0 Å². The lowest BCUT2D eigenvalue weighted by Crippen LogP contribution is -2.32. The molecule has 0 fully saturated rings. The van der Waals surface area contributed by atoms with Crippen LogP contribution in [-0.2, 0) is 14.3 Å². The van der Waals surface area contributed by atoms with Gasteiger partial charge in [-0.05, 0) is 50.2 Å². The van der Waals surface area contributed by atoms with E-state index in [1.54, 1.807) is 48.5 Å². The smallest absolute Gasteiger partial charge is 0.344 e. The lowest BCUT2D eigenvalue weighted by Gasteiger charge is -2.15. The van der Waals surface area contributed by atoms with E-state index in [1.165, 1.54) is 13.8 Å². The van der Waals surface area contributed by atoms with Crippen LogP contribution < -0.4 is 10.1 Å². The van der Waals surface area contributed by atoms with Crippen molar-refractivity contribution >= 4 is 29.6 Å². The fourth-order valence-electron chi connectivity index (χ4n) is 2.20. The lowest BCUT2D eigenvalue weighted by molar-refractivity contribution is -0.155. The van der Waals surface area contributed by atoms with Crippen LogP contribution in [0.1, 0.15) is 34.6 Å². The van der Waals surface area contributed by atoms with Crippen molar-refractivity contribution in [3.05, 3.63) is 59.7 Å². The number of aldehydes is 1. The fourth-order valence-corrected chi connectivity index (χ4v) is 2.20. The van der Waals surface area contributed by atoms with Gasteiger partial charge in [-0.3, -0.25) is 14.4 Å². The van der Waals surface area contributed by atoms with Crippen LogP contribution in [0.4, 0.5) is 5.69 Å². The van der Waals surface area contributed by atoms with Crippen molar-refractivity contribution in [2.75, 3.05) is 11.9 Å². The zero-order valence-electron chi connectivity index (χ0n) is 14.9. The number of carbonyl (C=O) groups excluding carboxylic acids is 4. The third kappa shape index (κ3) is 5.78. The van der Waals surface area contributed by atoms with Crippen LogP contribution in [0.5, 0.6) is 5.75 Å². The quantitative estimate of drug-likeness (QED) is 0.436. The Bertz CT molecular complexity index is 844. The molecule has 0 saturated heterocycles. The van der Waals surface area contributed by atoms with Gasteiger partial charge in [0, 0.05) is 11.1 Å². The highest BCUT2D eigenvalue weighted by atomic mass is 16.6. The standard InChI is InChI=1S/C20H19NO6/c1-13(23)17-5-3-4-6-18(17)21-20(25)14(2)27-19(24)12-26-16-9-7-15(11-22)8-10-16/h3-11,14H,12H2,1-2H3,(H,21,25)/t14-/m1/s1. The highest BCUT2D eigenvalue weighted by Gasteiger charge is 2.19.